The summed E-state index contributed by atoms with van der Waals surface area (Å²) in [6.45, 7) is 6.22. The molecule has 0 atom stereocenters. The van der Waals surface area contributed by atoms with Crippen LogP contribution in [-0.4, -0.2) is 47.2 Å². The Morgan fingerprint density at radius 2 is 1.96 bits per heavy atom. The minimum atomic E-state index is 0.281. The second kappa shape index (κ2) is 7.28. The number of aliphatic hydroxyl groups excluding tert-OH is 1. The number of rotatable bonds is 3. The Balaban J connectivity index is 1.84. The molecule has 0 radical (unpaired) electrons. The Labute approximate surface area is 169 Å². The Kier molecular flexibility index (Phi) is 4.99. The Hall–Kier alpha value is -1.86. The molecule has 7 heteroatoms. The van der Waals surface area contributed by atoms with Gasteiger partial charge in [-0.25, -0.2) is 9.97 Å². The highest BCUT2D eigenvalue weighted by Crippen LogP contribution is 2.34. The summed E-state index contributed by atoms with van der Waals surface area (Å²) >= 11 is 3.71. The van der Waals surface area contributed by atoms with Gasteiger partial charge in [-0.1, -0.05) is 17.6 Å². The lowest BCUT2D eigenvalue weighted by Crippen LogP contribution is -2.35. The summed E-state index contributed by atoms with van der Waals surface area (Å²) in [5.74, 6) is 2.21. The molecule has 5 nitrogen and oxygen atoms in total. The Morgan fingerprint density at radius 1 is 1.22 bits per heavy atom. The number of fused-ring (bicyclic) bond motifs is 1. The van der Waals surface area contributed by atoms with Crippen LogP contribution in [0, 0.1) is 19.8 Å². The van der Waals surface area contributed by atoms with Gasteiger partial charge in [0.2, 0.25) is 0 Å². The molecule has 2 aromatic heterocycles. The number of benzene rings is 1. The van der Waals surface area contributed by atoms with Crippen molar-refractivity contribution in [1.82, 2.24) is 14.5 Å². The van der Waals surface area contributed by atoms with Gasteiger partial charge in [0.25, 0.3) is 0 Å². The molecule has 4 rings (SSSR count). The molecule has 0 bridgehead atoms. The number of anilines is 1. The van der Waals surface area contributed by atoms with Gasteiger partial charge in [0, 0.05) is 30.4 Å². The van der Waals surface area contributed by atoms with Crippen LogP contribution in [0.5, 0.6) is 0 Å². The number of nitrogens with zero attached hydrogens (tertiary/aromatic N) is 4. The van der Waals surface area contributed by atoms with E-state index in [1.165, 1.54) is 11.0 Å². The van der Waals surface area contributed by atoms with Gasteiger partial charge < -0.3 is 10.0 Å². The van der Waals surface area contributed by atoms with Gasteiger partial charge in [-0.3, -0.25) is 4.57 Å². The van der Waals surface area contributed by atoms with Gasteiger partial charge in [-0.2, -0.15) is 0 Å². The van der Waals surface area contributed by atoms with Crippen molar-refractivity contribution >= 4 is 46.1 Å². The molecule has 0 spiro atoms. The highest BCUT2D eigenvalue weighted by atomic mass is 79.9. The van der Waals surface area contributed by atoms with E-state index in [0.29, 0.717) is 5.92 Å². The van der Waals surface area contributed by atoms with Crippen molar-refractivity contribution in [2.24, 2.45) is 5.92 Å². The summed E-state index contributed by atoms with van der Waals surface area (Å²) in [6, 6.07) is 6.38. The molecule has 27 heavy (non-hydrogen) atoms. The molecule has 1 N–H and O–H groups in total. The fourth-order valence-corrected chi connectivity index (χ4v) is 4.62. The molecule has 0 amide bonds. The SMILES string of the molecule is Bc1ccc(-n2cc(C)c3c(N4CCC(CO)CC4)nc(C)nc32)c(Br)c1. The number of hydrogen-bond donors (Lipinski definition) is 1. The van der Waals surface area contributed by atoms with Crippen molar-refractivity contribution in [1.29, 1.82) is 0 Å². The van der Waals surface area contributed by atoms with Gasteiger partial charge in [0.15, 0.2) is 5.65 Å². The standard InChI is InChI=1S/C20H24BBrN4O/c1-12-10-26(17-4-3-15(21)9-16(17)22)20-18(12)19(23-13(2)24-20)25-7-5-14(11-27)6-8-25/h3-4,9-10,14,27H,5-8,11,21H2,1-2H3. The fourth-order valence-electron chi connectivity index (χ4n) is 3.94. The van der Waals surface area contributed by atoms with Crippen molar-refractivity contribution in [2.75, 3.05) is 24.6 Å². The lowest BCUT2D eigenvalue weighted by molar-refractivity contribution is 0.203. The van der Waals surface area contributed by atoms with Crippen LogP contribution in [0.25, 0.3) is 16.7 Å². The lowest BCUT2D eigenvalue weighted by Gasteiger charge is -2.32. The lowest BCUT2D eigenvalue weighted by atomic mass is 9.96. The number of aryl methyl sites for hydroxylation is 2. The largest absolute Gasteiger partial charge is 0.396 e. The molecule has 1 aliphatic rings. The maximum atomic E-state index is 9.43. The van der Waals surface area contributed by atoms with E-state index in [9.17, 15) is 5.11 Å². The second-order valence-corrected chi connectivity index (χ2v) is 8.40. The molecular weight excluding hydrogens is 403 g/mol. The first-order valence-electron chi connectivity index (χ1n) is 9.46. The zero-order valence-corrected chi connectivity index (χ0v) is 17.6. The van der Waals surface area contributed by atoms with Crippen LogP contribution in [-0.2, 0) is 0 Å². The predicted octanol–water partition coefficient (Wildman–Crippen LogP) is 2.27. The van der Waals surface area contributed by atoms with E-state index in [4.69, 9.17) is 9.97 Å². The predicted molar refractivity (Wildman–Crippen MR) is 116 cm³/mol. The molecule has 0 aliphatic carbocycles. The van der Waals surface area contributed by atoms with Crippen molar-refractivity contribution < 1.29 is 5.11 Å². The molecule has 3 heterocycles. The van der Waals surface area contributed by atoms with Crippen molar-refractivity contribution in [3.05, 3.63) is 40.3 Å². The van der Waals surface area contributed by atoms with E-state index in [-0.39, 0.29) is 6.61 Å². The zero-order chi connectivity index (χ0) is 19.1. The van der Waals surface area contributed by atoms with Crippen LogP contribution in [0.1, 0.15) is 24.2 Å². The van der Waals surface area contributed by atoms with E-state index in [0.717, 1.165) is 58.8 Å². The van der Waals surface area contributed by atoms with E-state index >= 15 is 0 Å². The molecule has 1 aromatic carbocycles. The first-order valence-corrected chi connectivity index (χ1v) is 10.3. The summed E-state index contributed by atoms with van der Waals surface area (Å²) in [6.07, 6.45) is 4.16. The topological polar surface area (TPSA) is 54.2 Å². The third kappa shape index (κ3) is 3.38. The third-order valence-electron chi connectivity index (χ3n) is 5.46. The van der Waals surface area contributed by atoms with Crippen molar-refractivity contribution in [3.8, 4) is 5.69 Å². The summed E-state index contributed by atoms with van der Waals surface area (Å²) < 4.78 is 3.22. The average Bonchev–Trinajstić information content (AvgIpc) is 2.97. The summed E-state index contributed by atoms with van der Waals surface area (Å²) in [5, 5.41) is 10.6. The smallest absolute Gasteiger partial charge is 0.150 e. The monoisotopic (exact) mass is 426 g/mol. The van der Waals surface area contributed by atoms with Crippen LogP contribution >= 0.6 is 15.9 Å². The summed E-state index contributed by atoms with van der Waals surface area (Å²) in [4.78, 5) is 11.9. The fraction of sp³-hybridized carbons (Fsp3) is 0.400. The molecule has 1 saturated heterocycles. The molecule has 0 saturated carbocycles. The highest BCUT2D eigenvalue weighted by Gasteiger charge is 2.24. The van der Waals surface area contributed by atoms with Gasteiger partial charge in [-0.05, 0) is 60.2 Å². The summed E-state index contributed by atoms with van der Waals surface area (Å²) in [7, 11) is 2.09. The third-order valence-corrected chi connectivity index (χ3v) is 6.10. The van der Waals surface area contributed by atoms with Crippen LogP contribution in [0.3, 0.4) is 0 Å². The molecule has 140 valence electrons. The number of halogens is 1. The van der Waals surface area contributed by atoms with E-state index in [2.05, 4.69) is 64.6 Å². The van der Waals surface area contributed by atoms with E-state index < -0.39 is 0 Å². The van der Waals surface area contributed by atoms with Gasteiger partial charge >= 0.3 is 0 Å². The Bertz CT molecular complexity index is 995. The highest BCUT2D eigenvalue weighted by molar-refractivity contribution is 9.10. The first kappa shape index (κ1) is 18.5. The molecule has 1 aliphatic heterocycles. The van der Waals surface area contributed by atoms with Gasteiger partial charge in [-0.15, -0.1) is 0 Å². The first-order chi connectivity index (χ1) is 13.0. The maximum absolute atomic E-state index is 9.43. The van der Waals surface area contributed by atoms with Gasteiger partial charge in [0.1, 0.15) is 19.5 Å². The number of aromatic nitrogens is 3. The number of piperidine rings is 1. The zero-order valence-electron chi connectivity index (χ0n) is 16.0. The minimum Gasteiger partial charge on any atom is -0.396 e. The molecule has 3 aromatic rings. The molecule has 1 fully saturated rings. The quantitative estimate of drug-likeness (QED) is 0.652. The van der Waals surface area contributed by atoms with Crippen LogP contribution in [0.2, 0.25) is 0 Å². The van der Waals surface area contributed by atoms with Crippen molar-refractivity contribution in [2.45, 2.75) is 26.7 Å². The van der Waals surface area contributed by atoms with Gasteiger partial charge in [0.05, 0.1) is 11.1 Å². The molecule has 0 unspecified atom stereocenters. The Morgan fingerprint density at radius 3 is 2.63 bits per heavy atom. The average molecular weight is 427 g/mol. The normalized spacial score (nSPS) is 15.6. The minimum absolute atomic E-state index is 0.281. The summed E-state index contributed by atoms with van der Waals surface area (Å²) in [5.41, 5.74) is 4.43. The number of aliphatic hydroxyl groups is 1. The second-order valence-electron chi connectivity index (χ2n) is 7.54. The molecular formula is C20H24BBrN4O. The van der Waals surface area contributed by atoms with E-state index in [1.54, 1.807) is 0 Å². The van der Waals surface area contributed by atoms with Crippen molar-refractivity contribution in [3.63, 3.8) is 0 Å². The van der Waals surface area contributed by atoms with Crippen LogP contribution in [0.15, 0.2) is 28.9 Å². The van der Waals surface area contributed by atoms with E-state index in [1.807, 2.05) is 6.92 Å². The maximum Gasteiger partial charge on any atom is 0.150 e. The van der Waals surface area contributed by atoms with Crippen LogP contribution < -0.4 is 10.4 Å². The van der Waals surface area contributed by atoms with Crippen LogP contribution in [0.4, 0.5) is 5.82 Å². The number of hydrogen-bond acceptors (Lipinski definition) is 4.